The molecular weight excluding hydrogens is 176 g/mol. The van der Waals surface area contributed by atoms with E-state index in [1.165, 1.54) is 6.33 Å². The summed E-state index contributed by atoms with van der Waals surface area (Å²) in [5, 5.41) is 3.57. The topological polar surface area (TPSA) is 30.7 Å². The third kappa shape index (κ3) is 2.11. The Balaban J connectivity index is 2.68. The molecule has 1 heterocycles. The van der Waals surface area contributed by atoms with Crippen molar-refractivity contribution in [2.45, 2.75) is 18.9 Å². The summed E-state index contributed by atoms with van der Waals surface area (Å²) in [6, 6.07) is 0. The highest BCUT2D eigenvalue weighted by Crippen LogP contribution is 2.02. The van der Waals surface area contributed by atoms with Gasteiger partial charge in [0.15, 0.2) is 0 Å². The van der Waals surface area contributed by atoms with Crippen LogP contribution in [0.2, 0.25) is 0 Å². The van der Waals surface area contributed by atoms with Crippen molar-refractivity contribution in [3.05, 3.63) is 12.2 Å². The van der Waals surface area contributed by atoms with Gasteiger partial charge in [-0.25, -0.2) is 18.4 Å². The molecule has 0 spiro atoms. The van der Waals surface area contributed by atoms with Crippen LogP contribution in [-0.4, -0.2) is 21.2 Å². The van der Waals surface area contributed by atoms with E-state index in [1.54, 1.807) is 0 Å². The molecule has 0 aliphatic heterocycles. The minimum atomic E-state index is -2.42. The first-order valence-corrected chi connectivity index (χ1v) is 3.48. The number of alkyl halides is 3. The normalized spacial score (nSPS) is 10.9. The van der Waals surface area contributed by atoms with E-state index >= 15 is 0 Å². The summed E-state index contributed by atoms with van der Waals surface area (Å²) in [5.74, 6) is 0.471. The van der Waals surface area contributed by atoms with Crippen molar-refractivity contribution in [2.24, 2.45) is 0 Å². The second kappa shape index (κ2) is 3.61. The molecule has 0 saturated carbocycles. The van der Waals surface area contributed by atoms with Gasteiger partial charge in [-0.2, -0.15) is 5.10 Å². The van der Waals surface area contributed by atoms with E-state index in [1.807, 2.05) is 0 Å². The smallest absolute Gasteiger partial charge is 0.243 e. The van der Waals surface area contributed by atoms with Crippen LogP contribution in [0.25, 0.3) is 0 Å². The van der Waals surface area contributed by atoms with Crippen molar-refractivity contribution in [2.75, 3.05) is 0 Å². The van der Waals surface area contributed by atoms with Crippen LogP contribution in [-0.2, 0) is 12.4 Å². The fourth-order valence-corrected chi connectivity index (χ4v) is 0.882. The molecule has 1 rings (SSSR count). The molecule has 0 aliphatic rings. The summed E-state index contributed by atoms with van der Waals surface area (Å²) < 4.78 is 24.7. The third-order valence-corrected chi connectivity index (χ3v) is 1.37. The molecule has 6 heteroatoms. The third-order valence-electron chi connectivity index (χ3n) is 1.13. The molecule has 0 fully saturated rings. The SMILES string of the molecule is FC(F)Cn1ncnc1CCl. The lowest BCUT2D eigenvalue weighted by Crippen LogP contribution is -2.10. The lowest BCUT2D eigenvalue weighted by atomic mass is 10.6. The summed E-state index contributed by atoms with van der Waals surface area (Å²) in [7, 11) is 0. The second-order valence-corrected chi connectivity index (χ2v) is 2.15. The van der Waals surface area contributed by atoms with Crippen LogP contribution in [0.1, 0.15) is 5.82 Å². The van der Waals surface area contributed by atoms with E-state index < -0.39 is 13.0 Å². The molecule has 1 aromatic rings. The van der Waals surface area contributed by atoms with Gasteiger partial charge < -0.3 is 0 Å². The summed E-state index contributed by atoms with van der Waals surface area (Å²) in [4.78, 5) is 3.67. The fourth-order valence-electron chi connectivity index (χ4n) is 0.675. The van der Waals surface area contributed by atoms with Crippen molar-refractivity contribution >= 4 is 11.6 Å². The molecule has 0 amide bonds. The summed E-state index contributed by atoms with van der Waals surface area (Å²) in [6.07, 6.45) is -1.21. The fraction of sp³-hybridized carbons (Fsp3) is 0.600. The Labute approximate surface area is 67.0 Å². The lowest BCUT2D eigenvalue weighted by Gasteiger charge is -2.00. The molecular formula is C5H6ClF2N3. The maximum atomic E-state index is 11.8. The first-order chi connectivity index (χ1) is 5.24. The number of rotatable bonds is 3. The molecule has 0 radical (unpaired) electrons. The number of hydrogen-bond acceptors (Lipinski definition) is 2. The van der Waals surface area contributed by atoms with Crippen molar-refractivity contribution < 1.29 is 8.78 Å². The number of halogens is 3. The van der Waals surface area contributed by atoms with Crippen LogP contribution in [0.15, 0.2) is 6.33 Å². The highest BCUT2D eigenvalue weighted by molar-refractivity contribution is 6.16. The molecule has 0 aliphatic carbocycles. The van der Waals surface area contributed by atoms with Gasteiger partial charge in [-0.3, -0.25) is 0 Å². The minimum Gasteiger partial charge on any atom is -0.243 e. The highest BCUT2D eigenvalue weighted by atomic mass is 35.5. The van der Waals surface area contributed by atoms with Gasteiger partial charge in [0, 0.05) is 0 Å². The van der Waals surface area contributed by atoms with Gasteiger partial charge in [-0.1, -0.05) is 0 Å². The second-order valence-electron chi connectivity index (χ2n) is 1.88. The Bertz CT molecular complexity index is 225. The Morgan fingerprint density at radius 3 is 2.91 bits per heavy atom. The molecule has 11 heavy (non-hydrogen) atoms. The lowest BCUT2D eigenvalue weighted by molar-refractivity contribution is 0.120. The van der Waals surface area contributed by atoms with Crippen molar-refractivity contribution in [1.29, 1.82) is 0 Å². The van der Waals surface area contributed by atoms with Crippen LogP contribution in [0, 0.1) is 0 Å². The molecule has 3 nitrogen and oxygen atoms in total. The van der Waals surface area contributed by atoms with Crippen molar-refractivity contribution in [3.63, 3.8) is 0 Å². The zero-order chi connectivity index (χ0) is 8.27. The predicted octanol–water partition coefficient (Wildman–Crippen LogP) is 1.28. The molecule has 0 bridgehead atoms. The molecule has 0 atom stereocenters. The number of nitrogens with zero attached hydrogens (tertiary/aromatic N) is 3. The van der Waals surface area contributed by atoms with E-state index in [0.29, 0.717) is 5.82 Å². The maximum Gasteiger partial charge on any atom is 0.257 e. The van der Waals surface area contributed by atoms with Crippen molar-refractivity contribution in [1.82, 2.24) is 14.8 Å². The maximum absolute atomic E-state index is 11.8. The molecule has 1 aromatic heterocycles. The van der Waals surface area contributed by atoms with Gasteiger partial charge in [0.1, 0.15) is 18.7 Å². The van der Waals surface area contributed by atoms with Gasteiger partial charge in [-0.05, 0) is 0 Å². The Morgan fingerprint density at radius 1 is 1.64 bits per heavy atom. The van der Waals surface area contributed by atoms with E-state index in [2.05, 4.69) is 10.1 Å². The molecule has 0 aromatic carbocycles. The van der Waals surface area contributed by atoms with Crippen LogP contribution in [0.3, 0.4) is 0 Å². The van der Waals surface area contributed by atoms with Crippen LogP contribution < -0.4 is 0 Å². The summed E-state index contributed by atoms with van der Waals surface area (Å²) in [6.45, 7) is -0.442. The number of hydrogen-bond donors (Lipinski definition) is 0. The molecule has 62 valence electrons. The first-order valence-electron chi connectivity index (χ1n) is 2.95. The minimum absolute atomic E-state index is 0.104. The average molecular weight is 182 g/mol. The van der Waals surface area contributed by atoms with E-state index in [-0.39, 0.29) is 5.88 Å². The Kier molecular flexibility index (Phi) is 2.76. The van der Waals surface area contributed by atoms with Crippen LogP contribution in [0.5, 0.6) is 0 Å². The monoisotopic (exact) mass is 181 g/mol. The van der Waals surface area contributed by atoms with E-state index in [0.717, 1.165) is 4.68 Å². The van der Waals surface area contributed by atoms with Crippen molar-refractivity contribution in [3.8, 4) is 0 Å². The largest absolute Gasteiger partial charge is 0.257 e. The van der Waals surface area contributed by atoms with Gasteiger partial charge >= 0.3 is 0 Å². The van der Waals surface area contributed by atoms with Gasteiger partial charge in [-0.15, -0.1) is 11.6 Å². The number of aromatic nitrogens is 3. The zero-order valence-corrected chi connectivity index (χ0v) is 6.30. The van der Waals surface area contributed by atoms with E-state index in [9.17, 15) is 8.78 Å². The Morgan fingerprint density at radius 2 is 2.36 bits per heavy atom. The molecule has 0 N–H and O–H groups in total. The van der Waals surface area contributed by atoms with E-state index in [4.69, 9.17) is 11.6 Å². The standard InChI is InChI=1S/C5H6ClF2N3/c6-1-5-9-3-10-11(5)2-4(7)8/h3-4H,1-2H2. The van der Waals surface area contributed by atoms with Crippen LogP contribution >= 0.6 is 11.6 Å². The van der Waals surface area contributed by atoms with Crippen LogP contribution in [0.4, 0.5) is 8.78 Å². The summed E-state index contributed by atoms with van der Waals surface area (Å²) in [5.41, 5.74) is 0. The predicted molar refractivity (Wildman–Crippen MR) is 35.6 cm³/mol. The van der Waals surface area contributed by atoms with Gasteiger partial charge in [0.2, 0.25) is 0 Å². The zero-order valence-electron chi connectivity index (χ0n) is 5.54. The highest BCUT2D eigenvalue weighted by Gasteiger charge is 2.08. The van der Waals surface area contributed by atoms with Gasteiger partial charge in [0.25, 0.3) is 6.43 Å². The molecule has 0 unspecified atom stereocenters. The van der Waals surface area contributed by atoms with Gasteiger partial charge in [0.05, 0.1) is 5.88 Å². The average Bonchev–Trinajstić information content (AvgIpc) is 2.34. The quantitative estimate of drug-likeness (QED) is 0.658. The summed E-state index contributed by atoms with van der Waals surface area (Å²) >= 11 is 5.39. The Hall–Kier alpha value is -0.710. The first kappa shape index (κ1) is 8.39. The molecule has 0 saturated heterocycles.